The van der Waals surface area contributed by atoms with Crippen molar-refractivity contribution in [1.29, 1.82) is 0 Å². The van der Waals surface area contributed by atoms with Gasteiger partial charge >= 0.3 is 0 Å². The molecule has 15 nitrogen and oxygen atoms in total. The van der Waals surface area contributed by atoms with Crippen molar-refractivity contribution in [3.63, 3.8) is 0 Å². The van der Waals surface area contributed by atoms with Crippen molar-refractivity contribution >= 4 is 50.8 Å². The van der Waals surface area contributed by atoms with E-state index in [1.165, 1.54) is 33.4 Å². The van der Waals surface area contributed by atoms with E-state index < -0.39 is 0 Å². The first-order chi connectivity index (χ1) is 38.2. The molecule has 0 saturated carbocycles. The molecule has 11 rings (SSSR count). The van der Waals surface area contributed by atoms with E-state index in [9.17, 15) is 5.11 Å². The predicted octanol–water partition coefficient (Wildman–Crippen LogP) is 13.9. The first-order valence-electron chi connectivity index (χ1n) is 26.8. The van der Waals surface area contributed by atoms with Crippen LogP contribution in [0.2, 0.25) is 0 Å². The minimum atomic E-state index is -0.378. The molecule has 1 saturated heterocycles. The number of rotatable bonds is 14. The van der Waals surface area contributed by atoms with E-state index in [2.05, 4.69) is 127 Å². The van der Waals surface area contributed by atoms with Crippen LogP contribution < -0.4 is 14.8 Å². The zero-order chi connectivity index (χ0) is 55.7. The molecule has 0 amide bonds. The number of aryl methyl sites for hydroxylation is 2. The van der Waals surface area contributed by atoms with Crippen molar-refractivity contribution in [2.75, 3.05) is 20.3 Å². The normalized spacial score (nSPS) is 17.2. The molecule has 1 spiro atoms. The van der Waals surface area contributed by atoms with Gasteiger partial charge in [0, 0.05) is 48.0 Å². The molecule has 0 unspecified atom stereocenters. The highest BCUT2D eigenvalue weighted by atomic mass is 35.5. The van der Waals surface area contributed by atoms with Crippen LogP contribution in [-0.4, -0.2) is 84.8 Å². The maximum Gasteiger partial charge on any atom is 0.248 e. The van der Waals surface area contributed by atoms with Crippen LogP contribution in [0, 0.1) is 13.1 Å². The number of hydrogen-bond donors (Lipinski definition) is 3. The summed E-state index contributed by atoms with van der Waals surface area (Å²) in [7, 11) is 1.00. The molecule has 438 valence electrons. The zero-order valence-electron chi connectivity index (χ0n) is 47.4. The lowest BCUT2D eigenvalue weighted by Crippen LogP contribution is -2.54. The van der Waals surface area contributed by atoms with Crippen LogP contribution in [0.5, 0.6) is 11.5 Å². The highest BCUT2D eigenvalue weighted by Crippen LogP contribution is 2.45. The first-order valence-corrected chi connectivity index (χ1v) is 26.8. The fourth-order valence-electron chi connectivity index (χ4n) is 10.8. The fourth-order valence-corrected chi connectivity index (χ4v) is 10.8. The fraction of sp³-hybridized carbons (Fsp3) is 0.354. The number of hydrogen-bond acceptors (Lipinski definition) is 13. The molecule has 2 atom stereocenters. The summed E-state index contributed by atoms with van der Waals surface area (Å²) < 4.78 is 30.0. The highest BCUT2D eigenvalue weighted by molar-refractivity contribution is 7.59. The number of nitrogens with zero attached hydrogens (tertiary/aromatic N) is 7. The third-order valence-electron chi connectivity index (χ3n) is 14.8. The Morgan fingerprint density at radius 3 is 1.49 bits per heavy atom. The van der Waals surface area contributed by atoms with Gasteiger partial charge < -0.3 is 38.6 Å². The number of aliphatic hydroxyl groups excluding tert-OH is 2. The standard InChI is InChI=1S/C33H34N4O3.C30H30N4O3.CH4O.CH4.ClH.2H2S/c1-22(2)39-29-14-13-26(18-28(29)34-5)31-36-35-30(40-31)25-12-11-24-15-16-33(19-27(24)17-25)21-38-32(3,4)37(33)20-23-9-7-6-8-10-23;1-20(2)36-27-12-11-24(16-26(27)31-3)29-34-33-28(37-29)23-10-9-22-13-14-30(19-35,17-25(22)15-23)32-18-21-7-5-4-6-8-21;1-2;;;;/h6-14,17-18,22H,15-16,19-21H2,1-4H3;4-12,15-16,20,32,35H,13-14,17-19H2,1-2H3;2H,1H3;1H4;1H;2*1H2/t33-;30-;;;;;/m00...../s1. The van der Waals surface area contributed by atoms with Gasteiger partial charge in [-0.25, -0.2) is 9.69 Å². The van der Waals surface area contributed by atoms with Crippen molar-refractivity contribution in [1.82, 2.24) is 30.6 Å². The quantitative estimate of drug-likeness (QED) is 0.0880. The van der Waals surface area contributed by atoms with E-state index in [-0.39, 0.29) is 82.4 Å². The third-order valence-corrected chi connectivity index (χ3v) is 14.8. The maximum atomic E-state index is 10.3. The van der Waals surface area contributed by atoms with Gasteiger partial charge in [-0.15, -0.1) is 32.8 Å². The molecule has 3 N–H and O–H groups in total. The molecular weight excluding hydrogens is 1100 g/mol. The molecule has 18 heteroatoms. The summed E-state index contributed by atoms with van der Waals surface area (Å²) in [6, 6.07) is 44.2. The van der Waals surface area contributed by atoms with Crippen LogP contribution >= 0.6 is 39.4 Å². The Balaban J connectivity index is 0.000000283. The van der Waals surface area contributed by atoms with Crippen LogP contribution in [0.25, 0.3) is 55.5 Å². The summed E-state index contributed by atoms with van der Waals surface area (Å²) in [6.07, 6.45) is 5.38. The number of benzene rings is 6. The first kappa shape index (κ1) is 66.8. The van der Waals surface area contributed by atoms with Crippen LogP contribution in [0.1, 0.15) is 95.2 Å². The van der Waals surface area contributed by atoms with E-state index in [1.807, 2.05) is 64.1 Å². The number of nitrogens with one attached hydrogen (secondary N) is 1. The smallest absolute Gasteiger partial charge is 0.248 e. The largest absolute Gasteiger partial charge is 0.502 e. The summed E-state index contributed by atoms with van der Waals surface area (Å²) in [6.45, 7) is 29.5. The van der Waals surface area contributed by atoms with E-state index >= 15 is 0 Å². The summed E-state index contributed by atoms with van der Waals surface area (Å²) in [4.78, 5) is 9.76. The summed E-state index contributed by atoms with van der Waals surface area (Å²) in [5, 5.41) is 38.1. The molecule has 3 aliphatic rings. The number of halogens is 1. The topological polar surface area (TPSA) is 170 Å². The van der Waals surface area contributed by atoms with Crippen molar-refractivity contribution in [3.8, 4) is 57.3 Å². The Hall–Kier alpha value is -7.03. The second-order valence-corrected chi connectivity index (χ2v) is 21.4. The second-order valence-electron chi connectivity index (χ2n) is 21.4. The van der Waals surface area contributed by atoms with Gasteiger partial charge in [0.05, 0.1) is 44.1 Å². The van der Waals surface area contributed by atoms with Gasteiger partial charge in [-0.1, -0.05) is 80.2 Å². The van der Waals surface area contributed by atoms with Crippen molar-refractivity contribution < 1.29 is 33.3 Å². The molecule has 2 aliphatic carbocycles. The Kier molecular flexibility index (Phi) is 23.7. The van der Waals surface area contributed by atoms with Crippen LogP contribution in [0.15, 0.2) is 142 Å². The van der Waals surface area contributed by atoms with Gasteiger partial charge in [-0.3, -0.25) is 4.90 Å². The molecule has 2 aromatic heterocycles. The van der Waals surface area contributed by atoms with Crippen molar-refractivity contribution in [3.05, 3.63) is 190 Å². The second kappa shape index (κ2) is 29.5. The number of fused-ring (bicyclic) bond motifs is 2. The zero-order valence-corrected chi connectivity index (χ0v) is 50.2. The molecule has 6 aromatic carbocycles. The van der Waals surface area contributed by atoms with Gasteiger partial charge in [0.25, 0.3) is 0 Å². The van der Waals surface area contributed by atoms with Crippen LogP contribution in [0.4, 0.5) is 11.4 Å². The van der Waals surface area contributed by atoms with E-state index in [0.29, 0.717) is 77.1 Å². The minimum absolute atomic E-state index is 0. The Labute approximate surface area is 508 Å². The summed E-state index contributed by atoms with van der Waals surface area (Å²) in [5.41, 5.74) is 10.7. The van der Waals surface area contributed by atoms with E-state index in [4.69, 9.17) is 41.3 Å². The number of aromatic nitrogens is 4. The van der Waals surface area contributed by atoms with Crippen molar-refractivity contribution in [2.45, 2.75) is 130 Å². The molecule has 0 bridgehead atoms. The SMILES string of the molecule is C.CO.Cl.S.S.[C-]#[N+]c1cc(-c2nnc(-c3ccc4c(c3)C[C@@](CO)(NCc3ccccc3)CC4)o2)ccc1OC(C)C.[C-]#[N+]c1cc(-c2nnc(-c3ccc4c(c3)C[C@@]3(CC4)COC(C)(C)N3Cc3ccccc3)o2)ccc1OC(C)C. The molecule has 1 fully saturated rings. The Morgan fingerprint density at radius 1 is 0.602 bits per heavy atom. The number of aliphatic hydroxyl groups is 2. The van der Waals surface area contributed by atoms with E-state index in [1.54, 1.807) is 24.3 Å². The molecule has 1 aliphatic heterocycles. The molecule has 3 heterocycles. The lowest BCUT2D eigenvalue weighted by atomic mass is 9.76. The summed E-state index contributed by atoms with van der Waals surface area (Å²) in [5.74, 6) is 2.71. The van der Waals surface area contributed by atoms with Gasteiger partial charge in [-0.05, 0) is 174 Å². The predicted molar refractivity (Wildman–Crippen MR) is 339 cm³/mol. The Bertz CT molecular complexity index is 3480. The monoisotopic (exact) mass is 1180 g/mol. The summed E-state index contributed by atoms with van der Waals surface area (Å²) >= 11 is 0. The highest BCUT2D eigenvalue weighted by Gasteiger charge is 2.52. The molecule has 0 radical (unpaired) electrons. The molecular formula is C65H77ClN8O7S2. The van der Waals surface area contributed by atoms with Gasteiger partial charge in [-0.2, -0.15) is 27.0 Å². The van der Waals surface area contributed by atoms with Crippen LogP contribution in [-0.2, 0) is 43.5 Å². The lowest BCUT2D eigenvalue weighted by Gasteiger charge is -2.45. The van der Waals surface area contributed by atoms with E-state index in [0.717, 1.165) is 56.9 Å². The van der Waals surface area contributed by atoms with Crippen LogP contribution in [0.3, 0.4) is 0 Å². The molecule has 8 aromatic rings. The molecule has 83 heavy (non-hydrogen) atoms. The van der Waals surface area contributed by atoms with Gasteiger partial charge in [0.2, 0.25) is 34.9 Å². The van der Waals surface area contributed by atoms with Gasteiger partial charge in [0.15, 0.2) is 0 Å². The minimum Gasteiger partial charge on any atom is -0.502 e. The third kappa shape index (κ3) is 15.4. The average molecular weight is 1180 g/mol. The lowest BCUT2D eigenvalue weighted by molar-refractivity contribution is -0.0673. The average Bonchev–Trinajstić information content (AvgIpc) is 3.99. The Morgan fingerprint density at radius 2 is 1.04 bits per heavy atom. The van der Waals surface area contributed by atoms with Gasteiger partial charge in [0.1, 0.15) is 17.2 Å². The van der Waals surface area contributed by atoms with Crippen molar-refractivity contribution in [2.24, 2.45) is 0 Å². The number of ether oxygens (including phenoxy) is 3. The maximum absolute atomic E-state index is 10.3.